The second-order valence-electron chi connectivity index (χ2n) is 3.90. The van der Waals surface area contributed by atoms with Gasteiger partial charge >= 0.3 is 0 Å². The van der Waals surface area contributed by atoms with E-state index in [2.05, 4.69) is 10.1 Å². The Morgan fingerprint density at radius 3 is 2.67 bits per heavy atom. The van der Waals surface area contributed by atoms with E-state index in [0.29, 0.717) is 11.2 Å². The molecule has 2 heterocycles. The average molecular weight is 238 g/mol. The monoisotopic (exact) mass is 238 g/mol. The van der Waals surface area contributed by atoms with Crippen LogP contribution >= 0.6 is 0 Å². The van der Waals surface area contributed by atoms with Gasteiger partial charge in [0.1, 0.15) is 6.29 Å². The van der Waals surface area contributed by atoms with Crippen LogP contribution < -0.4 is 5.73 Å². The molecule has 0 aliphatic carbocycles. The summed E-state index contributed by atoms with van der Waals surface area (Å²) >= 11 is 0. The van der Waals surface area contributed by atoms with Crippen molar-refractivity contribution in [2.75, 3.05) is 5.73 Å². The lowest BCUT2D eigenvalue weighted by atomic mass is 10.1. The molecule has 0 radical (unpaired) electrons. The number of pyridine rings is 1. The van der Waals surface area contributed by atoms with Crippen molar-refractivity contribution in [1.82, 2.24) is 14.6 Å². The van der Waals surface area contributed by atoms with Crippen molar-refractivity contribution < 1.29 is 4.79 Å². The van der Waals surface area contributed by atoms with Gasteiger partial charge in [-0.2, -0.15) is 4.98 Å². The van der Waals surface area contributed by atoms with Crippen LogP contribution in [0.2, 0.25) is 0 Å². The van der Waals surface area contributed by atoms with E-state index in [4.69, 9.17) is 5.73 Å². The molecule has 0 aliphatic rings. The summed E-state index contributed by atoms with van der Waals surface area (Å²) in [6.45, 7) is 0. The lowest BCUT2D eigenvalue weighted by Crippen LogP contribution is -1.90. The number of nitrogens with two attached hydrogens (primary N) is 1. The number of aromatic nitrogens is 3. The molecule has 5 heteroatoms. The van der Waals surface area contributed by atoms with Gasteiger partial charge in [0.05, 0.1) is 0 Å². The van der Waals surface area contributed by atoms with Gasteiger partial charge in [-0.05, 0) is 17.7 Å². The molecule has 88 valence electrons. The average Bonchev–Trinajstić information content (AvgIpc) is 2.79. The van der Waals surface area contributed by atoms with Crippen LogP contribution in [0.15, 0.2) is 42.6 Å². The second-order valence-corrected chi connectivity index (χ2v) is 3.90. The van der Waals surface area contributed by atoms with Crippen molar-refractivity contribution in [3.63, 3.8) is 0 Å². The van der Waals surface area contributed by atoms with E-state index in [9.17, 15) is 4.79 Å². The predicted molar refractivity (Wildman–Crippen MR) is 68.2 cm³/mol. The number of rotatable bonds is 2. The Balaban J connectivity index is 2.20. The SMILES string of the molecule is Nc1nc2c(-c3ccc(C=O)cc3)cccn2n1. The van der Waals surface area contributed by atoms with Crippen LogP contribution in [0, 0.1) is 0 Å². The molecule has 3 rings (SSSR count). The van der Waals surface area contributed by atoms with Gasteiger partial charge in [0.15, 0.2) is 5.65 Å². The van der Waals surface area contributed by atoms with Gasteiger partial charge < -0.3 is 5.73 Å². The Morgan fingerprint density at radius 1 is 1.17 bits per heavy atom. The van der Waals surface area contributed by atoms with Crippen LogP contribution in [-0.4, -0.2) is 20.9 Å². The number of hydrogen-bond donors (Lipinski definition) is 1. The number of carbonyl (C=O) groups is 1. The van der Waals surface area contributed by atoms with Crippen molar-refractivity contribution in [2.45, 2.75) is 0 Å². The molecule has 3 aromatic rings. The molecule has 0 spiro atoms. The number of hydrogen-bond acceptors (Lipinski definition) is 4. The lowest BCUT2D eigenvalue weighted by Gasteiger charge is -2.02. The van der Waals surface area contributed by atoms with Gasteiger partial charge in [0, 0.05) is 17.3 Å². The van der Waals surface area contributed by atoms with E-state index in [0.717, 1.165) is 17.4 Å². The minimum atomic E-state index is 0.243. The van der Waals surface area contributed by atoms with Gasteiger partial charge in [-0.1, -0.05) is 24.3 Å². The minimum Gasteiger partial charge on any atom is -0.366 e. The minimum absolute atomic E-state index is 0.243. The zero-order chi connectivity index (χ0) is 12.5. The highest BCUT2D eigenvalue weighted by Gasteiger charge is 2.07. The first-order chi connectivity index (χ1) is 8.78. The summed E-state index contributed by atoms with van der Waals surface area (Å²) in [4.78, 5) is 14.8. The zero-order valence-corrected chi connectivity index (χ0v) is 9.45. The maximum absolute atomic E-state index is 10.6. The highest BCUT2D eigenvalue weighted by molar-refractivity contribution is 5.81. The number of carbonyl (C=O) groups excluding carboxylic acids is 1. The van der Waals surface area contributed by atoms with E-state index < -0.39 is 0 Å². The predicted octanol–water partition coefficient (Wildman–Crippen LogP) is 1.79. The highest BCUT2D eigenvalue weighted by Crippen LogP contribution is 2.23. The van der Waals surface area contributed by atoms with Crippen LogP contribution in [0.3, 0.4) is 0 Å². The molecule has 2 N–H and O–H groups in total. The van der Waals surface area contributed by atoms with E-state index >= 15 is 0 Å². The molecule has 18 heavy (non-hydrogen) atoms. The molecule has 0 unspecified atom stereocenters. The Kier molecular flexibility index (Phi) is 2.30. The van der Waals surface area contributed by atoms with Gasteiger partial charge in [-0.25, -0.2) is 4.52 Å². The fourth-order valence-corrected chi connectivity index (χ4v) is 1.89. The smallest absolute Gasteiger partial charge is 0.240 e. The number of aldehydes is 1. The van der Waals surface area contributed by atoms with Crippen molar-refractivity contribution in [1.29, 1.82) is 0 Å². The van der Waals surface area contributed by atoms with Crippen LogP contribution in [0.4, 0.5) is 5.95 Å². The fraction of sp³-hybridized carbons (Fsp3) is 0. The molecule has 0 atom stereocenters. The summed E-state index contributed by atoms with van der Waals surface area (Å²) in [5, 5.41) is 4.06. The molecule has 2 aromatic heterocycles. The molecule has 0 fully saturated rings. The maximum Gasteiger partial charge on any atom is 0.240 e. The molecule has 0 aliphatic heterocycles. The van der Waals surface area contributed by atoms with E-state index in [1.54, 1.807) is 22.8 Å². The summed E-state index contributed by atoms with van der Waals surface area (Å²) in [5.41, 5.74) is 8.84. The lowest BCUT2D eigenvalue weighted by molar-refractivity contribution is 0.112. The molecule has 0 saturated heterocycles. The van der Waals surface area contributed by atoms with E-state index in [-0.39, 0.29) is 5.95 Å². The molecule has 1 aromatic carbocycles. The van der Waals surface area contributed by atoms with Crippen molar-refractivity contribution in [2.24, 2.45) is 0 Å². The normalized spacial score (nSPS) is 10.7. The number of anilines is 1. The van der Waals surface area contributed by atoms with Crippen LogP contribution in [0.1, 0.15) is 10.4 Å². The maximum atomic E-state index is 10.6. The third kappa shape index (κ3) is 1.62. The first-order valence-electron chi connectivity index (χ1n) is 5.44. The summed E-state index contributed by atoms with van der Waals surface area (Å²) in [6.07, 6.45) is 2.61. The summed E-state index contributed by atoms with van der Waals surface area (Å²) < 4.78 is 1.64. The Labute approximate surface area is 103 Å². The topological polar surface area (TPSA) is 73.3 Å². The first-order valence-corrected chi connectivity index (χ1v) is 5.44. The van der Waals surface area contributed by atoms with Gasteiger partial charge in [-0.15, -0.1) is 5.10 Å². The van der Waals surface area contributed by atoms with Crippen LogP contribution in [0.5, 0.6) is 0 Å². The third-order valence-corrected chi connectivity index (χ3v) is 2.74. The zero-order valence-electron chi connectivity index (χ0n) is 9.45. The number of fused-ring (bicyclic) bond motifs is 1. The number of nitrogens with zero attached hydrogens (tertiary/aromatic N) is 3. The standard InChI is InChI=1S/C13H10N4O/c14-13-15-12-11(2-1-7-17(12)16-13)10-5-3-9(8-18)4-6-10/h1-8H,(H2,14,16). The Morgan fingerprint density at radius 2 is 1.94 bits per heavy atom. The molecular weight excluding hydrogens is 228 g/mol. The Bertz CT molecular complexity index is 715. The van der Waals surface area contributed by atoms with Crippen molar-refractivity contribution in [3.05, 3.63) is 48.2 Å². The fourth-order valence-electron chi connectivity index (χ4n) is 1.89. The molecule has 0 amide bonds. The third-order valence-electron chi connectivity index (χ3n) is 2.74. The molecule has 0 saturated carbocycles. The largest absolute Gasteiger partial charge is 0.366 e. The quantitative estimate of drug-likeness (QED) is 0.691. The Hall–Kier alpha value is -2.69. The second kappa shape index (κ2) is 3.96. The van der Waals surface area contributed by atoms with E-state index in [1.807, 2.05) is 24.3 Å². The van der Waals surface area contributed by atoms with Crippen LogP contribution in [0.25, 0.3) is 16.8 Å². The number of nitrogen functional groups attached to an aromatic ring is 1. The van der Waals surface area contributed by atoms with Crippen LogP contribution in [-0.2, 0) is 0 Å². The first kappa shape index (κ1) is 10.5. The van der Waals surface area contributed by atoms with Crippen molar-refractivity contribution in [3.8, 4) is 11.1 Å². The van der Waals surface area contributed by atoms with Gasteiger partial charge in [-0.3, -0.25) is 4.79 Å². The highest BCUT2D eigenvalue weighted by atomic mass is 16.1. The summed E-state index contributed by atoms with van der Waals surface area (Å²) in [7, 11) is 0. The van der Waals surface area contributed by atoms with Gasteiger partial charge in [0.25, 0.3) is 0 Å². The molecule has 0 bridgehead atoms. The van der Waals surface area contributed by atoms with E-state index in [1.165, 1.54) is 0 Å². The summed E-state index contributed by atoms with van der Waals surface area (Å²) in [5.74, 6) is 0.243. The molecule has 5 nitrogen and oxygen atoms in total. The molecular formula is C13H10N4O. The van der Waals surface area contributed by atoms with Gasteiger partial charge in [0.2, 0.25) is 5.95 Å². The number of benzene rings is 1. The van der Waals surface area contributed by atoms with Crippen molar-refractivity contribution >= 4 is 17.9 Å². The summed E-state index contributed by atoms with van der Waals surface area (Å²) in [6, 6.07) is 11.1.